The van der Waals surface area contributed by atoms with Crippen LogP contribution in [0.2, 0.25) is 0 Å². The van der Waals surface area contributed by atoms with Crippen molar-refractivity contribution < 1.29 is 16.9 Å². The molecule has 0 aromatic heterocycles. The largest absolute Gasteiger partial charge is 1.00 e. The molecule has 0 N–H and O–H groups in total. The lowest BCUT2D eigenvalue weighted by atomic mass is 10.3. The zero-order valence-electron chi connectivity index (χ0n) is 8.22. The summed E-state index contributed by atoms with van der Waals surface area (Å²) in [6, 6.07) is 0. The lowest BCUT2D eigenvalue weighted by molar-refractivity contribution is -0.901. The molecule has 0 rings (SSSR count). The van der Waals surface area contributed by atoms with E-state index in [0.29, 0.717) is 0 Å². The van der Waals surface area contributed by atoms with Gasteiger partial charge in [-0.05, 0) is 13.0 Å². The van der Waals surface area contributed by atoms with Gasteiger partial charge in [-0.2, -0.15) is 0 Å². The third-order valence-electron chi connectivity index (χ3n) is 2.21. The number of halogens is 1. The molecule has 0 radical (unpaired) electrons. The van der Waals surface area contributed by atoms with E-state index in [9.17, 15) is 0 Å². The molecule has 0 aliphatic carbocycles. The first kappa shape index (κ1) is 14.3. The van der Waals surface area contributed by atoms with Gasteiger partial charge in [0.2, 0.25) is 0 Å². The first-order chi connectivity index (χ1) is 5.18. The van der Waals surface area contributed by atoms with E-state index in [0.717, 1.165) is 17.4 Å². The van der Waals surface area contributed by atoms with E-state index < -0.39 is 0 Å². The maximum Gasteiger partial charge on any atom is 0.0969 e. The van der Waals surface area contributed by atoms with Crippen molar-refractivity contribution in [2.75, 3.05) is 26.7 Å². The minimum atomic E-state index is 0. The number of hydrogen-bond donors (Lipinski definition) is 0. The molecule has 0 bridgehead atoms. The summed E-state index contributed by atoms with van der Waals surface area (Å²) < 4.78 is 1.08. The fourth-order valence-electron chi connectivity index (χ4n) is 1.09. The van der Waals surface area contributed by atoms with Crippen molar-refractivity contribution in [3.63, 3.8) is 0 Å². The molecule has 1 unspecified atom stereocenters. The van der Waals surface area contributed by atoms with Crippen LogP contribution >= 0.6 is 0 Å². The predicted molar refractivity (Wildman–Crippen MR) is 51.5 cm³/mol. The van der Waals surface area contributed by atoms with Crippen molar-refractivity contribution in [1.82, 2.24) is 0 Å². The van der Waals surface area contributed by atoms with E-state index in [1.807, 2.05) is 12.2 Å². The van der Waals surface area contributed by atoms with E-state index >= 15 is 0 Å². The van der Waals surface area contributed by atoms with E-state index in [2.05, 4.69) is 27.1 Å². The molecule has 12 heavy (non-hydrogen) atoms. The Morgan fingerprint density at radius 2 is 1.83 bits per heavy atom. The summed E-state index contributed by atoms with van der Waals surface area (Å²) in [7, 11) is 2.26. The van der Waals surface area contributed by atoms with Crippen LogP contribution in [0.15, 0.2) is 25.3 Å². The lowest BCUT2D eigenvalue weighted by Crippen LogP contribution is -3.00. The molecule has 2 heteroatoms. The normalized spacial score (nSPS) is 14.2. The Balaban J connectivity index is 0. The van der Waals surface area contributed by atoms with Crippen LogP contribution in [0.25, 0.3) is 0 Å². The highest BCUT2D eigenvalue weighted by Crippen LogP contribution is 2.03. The van der Waals surface area contributed by atoms with Gasteiger partial charge in [0, 0.05) is 6.42 Å². The van der Waals surface area contributed by atoms with Crippen molar-refractivity contribution >= 4 is 0 Å². The highest BCUT2D eigenvalue weighted by atomic mass is 35.5. The average molecular weight is 190 g/mol. The van der Waals surface area contributed by atoms with Crippen molar-refractivity contribution in [2.24, 2.45) is 0 Å². The second-order valence-electron chi connectivity index (χ2n) is 3.21. The number of quaternary nitrogens is 1. The van der Waals surface area contributed by atoms with Crippen molar-refractivity contribution in [2.45, 2.75) is 13.3 Å². The van der Waals surface area contributed by atoms with Crippen LogP contribution in [0.1, 0.15) is 13.3 Å². The zero-order valence-corrected chi connectivity index (χ0v) is 8.98. The first-order valence-corrected chi connectivity index (χ1v) is 4.24. The number of rotatable bonds is 6. The van der Waals surface area contributed by atoms with Crippen molar-refractivity contribution in [3.8, 4) is 0 Å². The number of nitrogens with zero attached hydrogens (tertiary/aromatic N) is 1. The van der Waals surface area contributed by atoms with Gasteiger partial charge in [0.15, 0.2) is 0 Å². The van der Waals surface area contributed by atoms with Crippen molar-refractivity contribution in [1.29, 1.82) is 0 Å². The van der Waals surface area contributed by atoms with Gasteiger partial charge in [0.05, 0.1) is 26.7 Å². The van der Waals surface area contributed by atoms with E-state index in [1.54, 1.807) is 0 Å². The molecule has 0 heterocycles. The molecule has 0 aromatic carbocycles. The molecule has 0 spiro atoms. The molecule has 0 fully saturated rings. The third kappa shape index (κ3) is 5.39. The molecule has 72 valence electrons. The average Bonchev–Trinajstić information content (AvgIpc) is 2.02. The zero-order chi connectivity index (χ0) is 8.74. The van der Waals surface area contributed by atoms with Crippen LogP contribution in [0, 0.1) is 0 Å². The monoisotopic (exact) mass is 189 g/mol. The smallest absolute Gasteiger partial charge is 0.0969 e. The maximum absolute atomic E-state index is 3.76. The highest BCUT2D eigenvalue weighted by Gasteiger charge is 2.14. The van der Waals surface area contributed by atoms with Gasteiger partial charge < -0.3 is 16.9 Å². The Labute approximate surface area is 82.8 Å². The van der Waals surface area contributed by atoms with Crippen LogP contribution in [0.4, 0.5) is 0 Å². The molecule has 0 saturated heterocycles. The summed E-state index contributed by atoms with van der Waals surface area (Å²) in [5, 5.41) is 0. The SMILES string of the molecule is C=CCC[N+](C)(CC)CC=C.[Cl-]. The van der Waals surface area contributed by atoms with Gasteiger partial charge in [-0.25, -0.2) is 0 Å². The Kier molecular flexibility index (Phi) is 8.78. The fourth-order valence-corrected chi connectivity index (χ4v) is 1.09. The lowest BCUT2D eigenvalue weighted by Gasteiger charge is -2.31. The fraction of sp³-hybridized carbons (Fsp3) is 0.600. The molecule has 1 atom stereocenters. The van der Waals surface area contributed by atoms with Gasteiger partial charge in [0.25, 0.3) is 0 Å². The number of likely N-dealkylation sites (N-methyl/N-ethyl adjacent to an activating group) is 1. The summed E-state index contributed by atoms with van der Waals surface area (Å²) >= 11 is 0. The summed E-state index contributed by atoms with van der Waals surface area (Å²) in [6.45, 7) is 13.1. The van der Waals surface area contributed by atoms with Crippen LogP contribution in [0.5, 0.6) is 0 Å². The molecule has 0 amide bonds. The molecule has 1 nitrogen and oxygen atoms in total. The van der Waals surface area contributed by atoms with Gasteiger partial charge in [-0.3, -0.25) is 0 Å². The molecule has 0 aliphatic heterocycles. The Morgan fingerprint density at radius 1 is 1.25 bits per heavy atom. The highest BCUT2D eigenvalue weighted by molar-refractivity contribution is 4.68. The maximum atomic E-state index is 3.76. The molecule has 0 saturated carbocycles. The summed E-state index contributed by atoms with van der Waals surface area (Å²) in [5.41, 5.74) is 0. The Bertz CT molecular complexity index is 134. The van der Waals surface area contributed by atoms with Crippen LogP contribution in [0.3, 0.4) is 0 Å². The van der Waals surface area contributed by atoms with E-state index in [4.69, 9.17) is 0 Å². The third-order valence-corrected chi connectivity index (χ3v) is 2.21. The standard InChI is InChI=1S/C10H20N.ClH/c1-5-8-10-11(4,7-3)9-6-2;/h5-6H,1-2,7-10H2,3-4H3;1H/q+1;/p-1. The quantitative estimate of drug-likeness (QED) is 0.380. The Hall–Kier alpha value is -0.270. The number of hydrogen-bond acceptors (Lipinski definition) is 0. The van der Waals surface area contributed by atoms with Gasteiger partial charge in [-0.15, -0.1) is 6.58 Å². The molecular weight excluding hydrogens is 170 g/mol. The molecule has 0 aliphatic rings. The predicted octanol–water partition coefficient (Wildman–Crippen LogP) is -0.781. The van der Waals surface area contributed by atoms with Crippen LogP contribution in [-0.2, 0) is 0 Å². The molecule has 0 aromatic rings. The minimum Gasteiger partial charge on any atom is -1.00 e. The van der Waals surface area contributed by atoms with Gasteiger partial charge in [-0.1, -0.05) is 12.7 Å². The second kappa shape index (κ2) is 7.38. The topological polar surface area (TPSA) is 0 Å². The van der Waals surface area contributed by atoms with Crippen molar-refractivity contribution in [3.05, 3.63) is 25.3 Å². The summed E-state index contributed by atoms with van der Waals surface area (Å²) in [5.74, 6) is 0. The minimum absolute atomic E-state index is 0. The first-order valence-electron chi connectivity index (χ1n) is 4.24. The second-order valence-corrected chi connectivity index (χ2v) is 3.21. The van der Waals surface area contributed by atoms with E-state index in [-0.39, 0.29) is 12.4 Å². The van der Waals surface area contributed by atoms with Crippen LogP contribution < -0.4 is 12.4 Å². The molecular formula is C10H20ClN. The van der Waals surface area contributed by atoms with Gasteiger partial charge in [0.1, 0.15) is 0 Å². The van der Waals surface area contributed by atoms with Gasteiger partial charge >= 0.3 is 0 Å². The summed E-state index contributed by atoms with van der Waals surface area (Å²) in [4.78, 5) is 0. The Morgan fingerprint density at radius 3 is 2.17 bits per heavy atom. The van der Waals surface area contributed by atoms with E-state index in [1.165, 1.54) is 13.1 Å². The van der Waals surface area contributed by atoms with Crippen LogP contribution in [-0.4, -0.2) is 31.2 Å². The summed E-state index contributed by atoms with van der Waals surface area (Å²) in [6.07, 6.45) is 5.07.